The second-order valence-electron chi connectivity index (χ2n) is 4.81. The Morgan fingerprint density at radius 3 is 2.52 bits per heavy atom. The molecule has 0 unspecified atom stereocenters. The molecule has 1 rings (SSSR count). The fourth-order valence-corrected chi connectivity index (χ4v) is 2.34. The van der Waals surface area contributed by atoms with Crippen LogP contribution in [0.15, 0.2) is 18.2 Å². The number of alkyl halides is 3. The number of thioether (sulfide) groups is 1. The molecule has 8 heteroatoms. The summed E-state index contributed by atoms with van der Waals surface area (Å²) in [6.45, 7) is 1.38. The van der Waals surface area contributed by atoms with Crippen molar-refractivity contribution in [3.05, 3.63) is 35.1 Å². The molecule has 0 radical (unpaired) electrons. The Balaban J connectivity index is 2.85. The number of halogens is 4. The molecule has 21 heavy (non-hydrogen) atoms. The Kier molecular flexibility index (Phi) is 5.63. The zero-order chi connectivity index (χ0) is 16.3. The molecule has 0 aromatic heterocycles. The molecule has 0 aliphatic carbocycles. The highest BCUT2D eigenvalue weighted by atomic mass is 32.2. The summed E-state index contributed by atoms with van der Waals surface area (Å²) >= 11 is 1.36. The molecule has 1 amide bonds. The number of hydrogen-bond donors (Lipinski definition) is 2. The van der Waals surface area contributed by atoms with Crippen LogP contribution in [-0.2, 0) is 6.18 Å². The first-order valence-electron chi connectivity index (χ1n) is 5.93. The molecule has 0 aliphatic rings. The van der Waals surface area contributed by atoms with Gasteiger partial charge in [-0.05, 0) is 31.4 Å². The third-order valence-corrected chi connectivity index (χ3v) is 3.53. The summed E-state index contributed by atoms with van der Waals surface area (Å²) in [5.74, 6) is -1.89. The standard InChI is InChI=1S/C13H15F4NO2S/c1-12(20,7-21-2)6-18-11(19)8-3-4-10(14)9(5-8)13(15,16)17/h3-5,20H,6-7H2,1-2H3,(H,18,19)/t12-/m0/s1. The van der Waals surface area contributed by atoms with E-state index in [0.29, 0.717) is 17.9 Å². The van der Waals surface area contributed by atoms with Crippen LogP contribution < -0.4 is 5.32 Å². The highest BCUT2D eigenvalue weighted by Gasteiger charge is 2.34. The molecule has 0 fully saturated rings. The monoisotopic (exact) mass is 325 g/mol. The van der Waals surface area contributed by atoms with Crippen LogP contribution in [-0.4, -0.2) is 35.2 Å². The predicted octanol–water partition coefficient (Wildman–Crippen LogP) is 2.69. The van der Waals surface area contributed by atoms with Crippen molar-refractivity contribution >= 4 is 17.7 Å². The van der Waals surface area contributed by atoms with Gasteiger partial charge in [0.15, 0.2) is 0 Å². The first-order chi connectivity index (χ1) is 9.57. The summed E-state index contributed by atoms with van der Waals surface area (Å²) in [4.78, 5) is 11.8. The molecule has 2 N–H and O–H groups in total. The van der Waals surface area contributed by atoms with E-state index in [2.05, 4.69) is 5.32 Å². The van der Waals surface area contributed by atoms with Crippen LogP contribution in [0.3, 0.4) is 0 Å². The van der Waals surface area contributed by atoms with Gasteiger partial charge in [-0.25, -0.2) is 4.39 Å². The molecule has 0 saturated carbocycles. The van der Waals surface area contributed by atoms with Crippen molar-refractivity contribution in [2.45, 2.75) is 18.7 Å². The SMILES string of the molecule is CSC[C@@](C)(O)CNC(=O)c1ccc(F)c(C(F)(F)F)c1. The minimum absolute atomic E-state index is 0.120. The average molecular weight is 325 g/mol. The van der Waals surface area contributed by atoms with E-state index in [9.17, 15) is 27.5 Å². The van der Waals surface area contributed by atoms with E-state index in [1.165, 1.54) is 18.7 Å². The summed E-state index contributed by atoms with van der Waals surface area (Å²) in [7, 11) is 0. The highest BCUT2D eigenvalue weighted by molar-refractivity contribution is 7.98. The molecule has 1 aromatic carbocycles. The molecule has 0 bridgehead atoms. The summed E-state index contributed by atoms with van der Waals surface area (Å²) in [6, 6.07) is 2.01. The van der Waals surface area contributed by atoms with Gasteiger partial charge >= 0.3 is 6.18 Å². The lowest BCUT2D eigenvalue weighted by molar-refractivity contribution is -0.140. The quantitative estimate of drug-likeness (QED) is 0.819. The predicted molar refractivity (Wildman–Crippen MR) is 72.7 cm³/mol. The smallest absolute Gasteiger partial charge is 0.387 e. The minimum atomic E-state index is -4.87. The van der Waals surface area contributed by atoms with Crippen molar-refractivity contribution in [2.75, 3.05) is 18.6 Å². The largest absolute Gasteiger partial charge is 0.419 e. The molecule has 0 heterocycles. The van der Waals surface area contributed by atoms with Gasteiger partial charge in [0.1, 0.15) is 5.82 Å². The fourth-order valence-electron chi connectivity index (χ4n) is 1.62. The van der Waals surface area contributed by atoms with Gasteiger partial charge in [0.05, 0.1) is 11.2 Å². The third kappa shape index (κ3) is 5.20. The third-order valence-electron chi connectivity index (χ3n) is 2.62. The maximum absolute atomic E-state index is 13.1. The van der Waals surface area contributed by atoms with E-state index in [-0.39, 0.29) is 12.1 Å². The van der Waals surface area contributed by atoms with E-state index in [1.54, 1.807) is 6.26 Å². The first kappa shape index (κ1) is 17.8. The van der Waals surface area contributed by atoms with Gasteiger partial charge in [0, 0.05) is 17.9 Å². The Morgan fingerprint density at radius 2 is 2.00 bits per heavy atom. The van der Waals surface area contributed by atoms with Crippen molar-refractivity contribution in [1.82, 2.24) is 5.32 Å². The van der Waals surface area contributed by atoms with Crippen LogP contribution in [0.2, 0.25) is 0 Å². The van der Waals surface area contributed by atoms with Crippen molar-refractivity contribution in [1.29, 1.82) is 0 Å². The molecule has 118 valence electrons. The number of aliphatic hydroxyl groups is 1. The van der Waals surface area contributed by atoms with Crippen molar-refractivity contribution in [3.8, 4) is 0 Å². The Hall–Kier alpha value is -1.28. The number of benzene rings is 1. The van der Waals surface area contributed by atoms with Gasteiger partial charge in [-0.3, -0.25) is 4.79 Å². The number of rotatable bonds is 5. The molecule has 1 aromatic rings. The summed E-state index contributed by atoms with van der Waals surface area (Å²) in [5, 5.41) is 12.2. The molecular formula is C13H15F4NO2S. The maximum Gasteiger partial charge on any atom is 0.419 e. The number of carbonyl (C=O) groups excluding carboxylic acids is 1. The summed E-state index contributed by atoms with van der Waals surface area (Å²) < 4.78 is 50.8. The van der Waals surface area contributed by atoms with E-state index in [4.69, 9.17) is 0 Å². The van der Waals surface area contributed by atoms with Crippen molar-refractivity contribution in [2.24, 2.45) is 0 Å². The van der Waals surface area contributed by atoms with E-state index in [0.717, 1.165) is 6.07 Å². The zero-order valence-electron chi connectivity index (χ0n) is 11.4. The van der Waals surface area contributed by atoms with Crippen molar-refractivity contribution in [3.63, 3.8) is 0 Å². The number of carbonyl (C=O) groups is 1. The lowest BCUT2D eigenvalue weighted by Crippen LogP contribution is -2.42. The van der Waals surface area contributed by atoms with Crippen molar-refractivity contribution < 1.29 is 27.5 Å². The molecule has 1 atom stereocenters. The fraction of sp³-hybridized carbons (Fsp3) is 0.462. The van der Waals surface area contributed by atoms with E-state index >= 15 is 0 Å². The van der Waals surface area contributed by atoms with Gasteiger partial charge in [-0.1, -0.05) is 0 Å². The number of amides is 1. The molecular weight excluding hydrogens is 310 g/mol. The zero-order valence-corrected chi connectivity index (χ0v) is 12.2. The van der Waals surface area contributed by atoms with Gasteiger partial charge in [0.25, 0.3) is 5.91 Å². The van der Waals surface area contributed by atoms with Crippen LogP contribution >= 0.6 is 11.8 Å². The van der Waals surface area contributed by atoms with E-state index in [1.807, 2.05) is 0 Å². The van der Waals surface area contributed by atoms with Gasteiger partial charge in [-0.15, -0.1) is 0 Å². The van der Waals surface area contributed by atoms with Gasteiger partial charge in [-0.2, -0.15) is 24.9 Å². The van der Waals surface area contributed by atoms with Crippen LogP contribution in [0.25, 0.3) is 0 Å². The van der Waals surface area contributed by atoms with Crippen LogP contribution in [0.4, 0.5) is 17.6 Å². The summed E-state index contributed by atoms with van der Waals surface area (Å²) in [5.41, 5.74) is -2.99. The number of nitrogens with one attached hydrogen (secondary N) is 1. The van der Waals surface area contributed by atoms with Crippen LogP contribution in [0.5, 0.6) is 0 Å². The number of hydrogen-bond acceptors (Lipinski definition) is 3. The Bertz CT molecular complexity index is 517. The highest BCUT2D eigenvalue weighted by Crippen LogP contribution is 2.31. The second kappa shape index (κ2) is 6.65. The molecule has 0 aliphatic heterocycles. The summed E-state index contributed by atoms with van der Waals surface area (Å²) in [6.07, 6.45) is -3.10. The Labute approximate surface area is 123 Å². The topological polar surface area (TPSA) is 49.3 Å². The van der Waals surface area contributed by atoms with E-state index < -0.39 is 29.1 Å². The van der Waals surface area contributed by atoms with Crippen LogP contribution in [0, 0.1) is 5.82 Å². The van der Waals surface area contributed by atoms with Gasteiger partial charge < -0.3 is 10.4 Å². The second-order valence-corrected chi connectivity index (χ2v) is 5.67. The molecule has 0 spiro atoms. The Morgan fingerprint density at radius 1 is 1.38 bits per heavy atom. The normalized spacial score (nSPS) is 14.6. The molecule has 0 saturated heterocycles. The van der Waals surface area contributed by atoms with Crippen LogP contribution in [0.1, 0.15) is 22.8 Å². The lowest BCUT2D eigenvalue weighted by atomic mass is 10.1. The average Bonchev–Trinajstić information content (AvgIpc) is 2.35. The van der Waals surface area contributed by atoms with Gasteiger partial charge in [0.2, 0.25) is 0 Å². The lowest BCUT2D eigenvalue weighted by Gasteiger charge is -2.22. The molecule has 3 nitrogen and oxygen atoms in total. The first-order valence-corrected chi connectivity index (χ1v) is 7.32. The minimum Gasteiger partial charge on any atom is -0.387 e. The maximum atomic E-state index is 13.1.